The smallest absolute Gasteiger partial charge is 0.239 e. The number of azide groups is 1. The molecule has 0 spiro atoms. The highest BCUT2D eigenvalue weighted by Gasteiger charge is 2.05. The highest BCUT2D eigenvalue weighted by molar-refractivity contribution is 5.88. The van der Waals surface area contributed by atoms with Crippen molar-refractivity contribution in [2.45, 2.75) is 0 Å². The molecule has 3 amide bonds. The Morgan fingerprint density at radius 2 is 1.80 bits per heavy atom. The van der Waals surface area contributed by atoms with E-state index in [0.717, 1.165) is 0 Å². The van der Waals surface area contributed by atoms with Crippen molar-refractivity contribution in [1.29, 1.82) is 0 Å². The summed E-state index contributed by atoms with van der Waals surface area (Å²) in [5, 5.41) is 7.06. The van der Waals surface area contributed by atoms with Gasteiger partial charge in [0, 0.05) is 4.91 Å². The molecule has 0 fully saturated rings. The quantitative estimate of drug-likeness (QED) is 0.276. The summed E-state index contributed by atoms with van der Waals surface area (Å²) >= 11 is 0. The summed E-state index contributed by atoms with van der Waals surface area (Å²) in [5.41, 5.74) is 12.8. The van der Waals surface area contributed by atoms with Crippen molar-refractivity contribution >= 4 is 17.7 Å². The zero-order chi connectivity index (χ0) is 11.7. The summed E-state index contributed by atoms with van der Waals surface area (Å²) < 4.78 is 0. The minimum absolute atomic E-state index is 0.217. The molecule has 0 aromatic rings. The van der Waals surface area contributed by atoms with Crippen LogP contribution < -0.4 is 16.4 Å². The summed E-state index contributed by atoms with van der Waals surface area (Å²) in [4.78, 5) is 34.4. The van der Waals surface area contributed by atoms with Gasteiger partial charge in [0.05, 0.1) is 19.6 Å². The van der Waals surface area contributed by atoms with Crippen LogP contribution in [0.3, 0.4) is 0 Å². The van der Waals surface area contributed by atoms with Gasteiger partial charge in [0.25, 0.3) is 0 Å². The van der Waals surface area contributed by atoms with Crippen LogP contribution in [0.25, 0.3) is 10.4 Å². The van der Waals surface area contributed by atoms with Gasteiger partial charge >= 0.3 is 0 Å². The maximum absolute atomic E-state index is 10.9. The third-order valence-electron chi connectivity index (χ3n) is 1.22. The first-order valence-electron chi connectivity index (χ1n) is 3.91. The van der Waals surface area contributed by atoms with Gasteiger partial charge in [-0.15, -0.1) is 0 Å². The van der Waals surface area contributed by atoms with Crippen molar-refractivity contribution < 1.29 is 14.4 Å². The van der Waals surface area contributed by atoms with E-state index in [1.54, 1.807) is 0 Å². The molecular weight excluding hydrogens is 204 g/mol. The molecule has 0 saturated carbocycles. The molecule has 0 aromatic heterocycles. The zero-order valence-electron chi connectivity index (χ0n) is 7.77. The molecule has 0 aliphatic carbocycles. The van der Waals surface area contributed by atoms with Gasteiger partial charge in [0.1, 0.15) is 0 Å². The number of nitrogens with zero attached hydrogens (tertiary/aromatic N) is 3. The van der Waals surface area contributed by atoms with E-state index in [0.29, 0.717) is 0 Å². The number of carbonyl (C=O) groups excluding carboxylic acids is 3. The van der Waals surface area contributed by atoms with Crippen molar-refractivity contribution in [3.8, 4) is 0 Å². The molecule has 0 aliphatic heterocycles. The number of rotatable bonds is 5. The molecule has 82 valence electrons. The maximum Gasteiger partial charge on any atom is 0.239 e. The van der Waals surface area contributed by atoms with Gasteiger partial charge in [0.15, 0.2) is 0 Å². The molecule has 9 nitrogen and oxygen atoms in total. The van der Waals surface area contributed by atoms with Crippen molar-refractivity contribution in [2.24, 2.45) is 10.8 Å². The van der Waals surface area contributed by atoms with Crippen LogP contribution in [-0.4, -0.2) is 37.4 Å². The van der Waals surface area contributed by atoms with Crippen LogP contribution >= 0.6 is 0 Å². The Kier molecular flexibility index (Phi) is 6.27. The van der Waals surface area contributed by atoms with E-state index in [9.17, 15) is 14.4 Å². The molecule has 15 heavy (non-hydrogen) atoms. The van der Waals surface area contributed by atoms with E-state index in [1.165, 1.54) is 0 Å². The summed E-state index contributed by atoms with van der Waals surface area (Å²) in [6.45, 7) is -0.897. The second kappa shape index (κ2) is 7.30. The van der Waals surface area contributed by atoms with Crippen LogP contribution in [0.1, 0.15) is 0 Å². The minimum Gasteiger partial charge on any atom is -0.347 e. The van der Waals surface area contributed by atoms with Crippen molar-refractivity contribution in [1.82, 2.24) is 10.6 Å². The molecule has 0 atom stereocenters. The summed E-state index contributed by atoms with van der Waals surface area (Å²) in [6.07, 6.45) is 0. The lowest BCUT2D eigenvalue weighted by Crippen LogP contribution is -2.40. The number of nitrogens with one attached hydrogen (secondary N) is 2. The van der Waals surface area contributed by atoms with Gasteiger partial charge in [-0.05, 0) is 10.6 Å². The van der Waals surface area contributed by atoms with Crippen LogP contribution in [0.5, 0.6) is 0 Å². The van der Waals surface area contributed by atoms with Gasteiger partial charge in [-0.1, -0.05) is 0 Å². The van der Waals surface area contributed by atoms with E-state index < -0.39 is 24.3 Å². The Morgan fingerprint density at radius 3 is 2.33 bits per heavy atom. The van der Waals surface area contributed by atoms with E-state index in [2.05, 4.69) is 20.7 Å². The first-order chi connectivity index (χ1) is 7.10. The standard InChI is InChI=1S/C6H10N6O3/c7-1-4(13)9-2-5(14)10-3-6(15)11-12-8/h1-3,7H2,(H,9,13)(H,10,14). The number of hydrogen-bond donors (Lipinski definition) is 3. The zero-order valence-corrected chi connectivity index (χ0v) is 7.77. The van der Waals surface area contributed by atoms with E-state index >= 15 is 0 Å². The maximum atomic E-state index is 10.9. The fourth-order valence-electron chi connectivity index (χ4n) is 0.573. The highest BCUT2D eigenvalue weighted by Crippen LogP contribution is 1.74. The summed E-state index contributed by atoms with van der Waals surface area (Å²) in [7, 11) is 0. The average molecular weight is 214 g/mol. The Labute approximate surface area is 84.6 Å². The first-order valence-corrected chi connectivity index (χ1v) is 3.91. The lowest BCUT2D eigenvalue weighted by molar-refractivity contribution is -0.126. The fourth-order valence-corrected chi connectivity index (χ4v) is 0.573. The Balaban J connectivity index is 3.71. The summed E-state index contributed by atoms with van der Waals surface area (Å²) in [6, 6.07) is 0. The predicted octanol–water partition coefficient (Wildman–Crippen LogP) is -1.99. The molecule has 4 N–H and O–H groups in total. The SMILES string of the molecule is [N-]=[N+]=NC(=O)CNC(=O)CNC(=O)CN. The second-order valence-corrected chi connectivity index (χ2v) is 2.34. The predicted molar refractivity (Wildman–Crippen MR) is 49.2 cm³/mol. The van der Waals surface area contributed by atoms with Crippen molar-refractivity contribution in [3.63, 3.8) is 0 Å². The Morgan fingerprint density at radius 1 is 1.20 bits per heavy atom. The normalized spacial score (nSPS) is 8.60. The van der Waals surface area contributed by atoms with Crippen LogP contribution in [0.2, 0.25) is 0 Å². The highest BCUT2D eigenvalue weighted by atomic mass is 16.2. The monoisotopic (exact) mass is 214 g/mol. The first kappa shape index (κ1) is 12.9. The summed E-state index contributed by atoms with van der Waals surface area (Å²) in [5.74, 6) is -1.86. The van der Waals surface area contributed by atoms with Crippen molar-refractivity contribution in [3.05, 3.63) is 10.4 Å². The lowest BCUT2D eigenvalue weighted by atomic mass is 10.5. The van der Waals surface area contributed by atoms with Crippen molar-refractivity contribution in [2.75, 3.05) is 19.6 Å². The van der Waals surface area contributed by atoms with E-state index in [4.69, 9.17) is 11.3 Å². The largest absolute Gasteiger partial charge is 0.347 e. The lowest BCUT2D eigenvalue weighted by Gasteiger charge is -2.03. The molecule has 0 aliphatic rings. The van der Waals surface area contributed by atoms with Gasteiger partial charge < -0.3 is 16.4 Å². The molecular formula is C6H10N6O3. The van der Waals surface area contributed by atoms with Gasteiger partial charge in [-0.2, -0.15) is 0 Å². The number of carbonyl (C=O) groups is 3. The second-order valence-electron chi connectivity index (χ2n) is 2.34. The Bertz CT molecular complexity index is 308. The Hall–Kier alpha value is -2.12. The third kappa shape index (κ3) is 6.99. The average Bonchev–Trinajstić information content (AvgIpc) is 2.23. The molecule has 9 heteroatoms. The van der Waals surface area contributed by atoms with Crippen LogP contribution in [0.15, 0.2) is 5.11 Å². The van der Waals surface area contributed by atoms with E-state index in [1.807, 2.05) is 0 Å². The molecule has 0 heterocycles. The van der Waals surface area contributed by atoms with Gasteiger partial charge in [-0.25, -0.2) is 0 Å². The molecule has 0 radical (unpaired) electrons. The molecule has 0 saturated heterocycles. The number of hydrogen-bond acceptors (Lipinski definition) is 4. The van der Waals surface area contributed by atoms with Crippen LogP contribution in [0, 0.1) is 0 Å². The number of amides is 3. The van der Waals surface area contributed by atoms with Crippen LogP contribution in [0.4, 0.5) is 0 Å². The minimum atomic E-state index is -0.809. The molecule has 0 aromatic carbocycles. The third-order valence-corrected chi connectivity index (χ3v) is 1.22. The van der Waals surface area contributed by atoms with E-state index in [-0.39, 0.29) is 13.1 Å². The van der Waals surface area contributed by atoms with Gasteiger partial charge in [0.2, 0.25) is 17.7 Å². The molecule has 0 unspecified atom stereocenters. The fraction of sp³-hybridized carbons (Fsp3) is 0.500. The topological polar surface area (TPSA) is 150 Å². The number of nitrogens with two attached hydrogens (primary N) is 1. The van der Waals surface area contributed by atoms with Crippen LogP contribution in [-0.2, 0) is 14.4 Å². The molecule has 0 bridgehead atoms. The molecule has 0 rings (SSSR count). The van der Waals surface area contributed by atoms with Gasteiger partial charge in [-0.3, -0.25) is 14.4 Å².